The van der Waals surface area contributed by atoms with Crippen LogP contribution in [0, 0.1) is 0 Å². The maximum atomic E-state index is 11.6. The SMILES string of the molecule is CO[C@H]1O[C@H](COC(C)=O)[C@@H](N(C)C(C)=O)[C@@H]1OC(C)=O. The second-order valence-corrected chi connectivity index (χ2v) is 4.78. The lowest BCUT2D eigenvalue weighted by Gasteiger charge is -2.30. The van der Waals surface area contributed by atoms with Crippen LogP contribution in [0.4, 0.5) is 0 Å². The molecule has 120 valence electrons. The number of methoxy groups -OCH3 is 1. The van der Waals surface area contributed by atoms with Crippen LogP contribution in [0.15, 0.2) is 0 Å². The monoisotopic (exact) mass is 303 g/mol. The van der Waals surface area contributed by atoms with E-state index in [1.165, 1.54) is 32.8 Å². The van der Waals surface area contributed by atoms with Gasteiger partial charge in [-0.2, -0.15) is 0 Å². The quantitative estimate of drug-likeness (QED) is 0.644. The molecule has 1 amide bonds. The molecule has 0 aromatic carbocycles. The van der Waals surface area contributed by atoms with Gasteiger partial charge in [-0.1, -0.05) is 0 Å². The molecule has 8 nitrogen and oxygen atoms in total. The molecule has 8 heteroatoms. The van der Waals surface area contributed by atoms with Crippen LogP contribution < -0.4 is 0 Å². The summed E-state index contributed by atoms with van der Waals surface area (Å²) in [5, 5.41) is 0. The molecule has 0 aliphatic carbocycles. The highest BCUT2D eigenvalue weighted by molar-refractivity contribution is 5.73. The van der Waals surface area contributed by atoms with Crippen molar-refractivity contribution >= 4 is 17.8 Å². The highest BCUT2D eigenvalue weighted by Crippen LogP contribution is 2.28. The summed E-state index contributed by atoms with van der Waals surface area (Å²) in [4.78, 5) is 35.2. The largest absolute Gasteiger partial charge is 0.463 e. The molecule has 1 aliphatic heterocycles. The molecule has 1 aliphatic rings. The highest BCUT2D eigenvalue weighted by atomic mass is 16.7. The molecular weight excluding hydrogens is 282 g/mol. The van der Waals surface area contributed by atoms with E-state index in [0.717, 1.165) is 0 Å². The van der Waals surface area contributed by atoms with Gasteiger partial charge >= 0.3 is 11.9 Å². The van der Waals surface area contributed by atoms with Crippen LogP contribution in [0.3, 0.4) is 0 Å². The van der Waals surface area contributed by atoms with Gasteiger partial charge in [0.25, 0.3) is 0 Å². The Kier molecular flexibility index (Phi) is 6.10. The molecule has 0 unspecified atom stereocenters. The summed E-state index contributed by atoms with van der Waals surface area (Å²) in [6.07, 6.45) is -2.26. The third-order valence-electron chi connectivity index (χ3n) is 3.22. The molecule has 0 spiro atoms. The number of likely N-dealkylation sites (N-methyl/N-ethyl adjacent to an activating group) is 1. The van der Waals surface area contributed by atoms with E-state index in [0.29, 0.717) is 0 Å². The average molecular weight is 303 g/mol. The van der Waals surface area contributed by atoms with Crippen molar-refractivity contribution in [3.63, 3.8) is 0 Å². The molecule has 0 N–H and O–H groups in total. The summed E-state index contributed by atoms with van der Waals surface area (Å²) in [7, 11) is 2.96. The standard InChI is InChI=1S/C13H21NO7/c1-7(15)14(4)11-10(6-19-8(2)16)21-13(18-5)12(11)20-9(3)17/h10-13H,6H2,1-5H3/t10-,11-,12+,13+/m1/s1. The number of ether oxygens (including phenoxy) is 4. The minimum Gasteiger partial charge on any atom is -0.463 e. The summed E-state index contributed by atoms with van der Waals surface area (Å²) < 4.78 is 20.9. The lowest BCUT2D eigenvalue weighted by atomic mass is 10.1. The van der Waals surface area contributed by atoms with Crippen LogP contribution in [0.25, 0.3) is 0 Å². The molecule has 0 saturated carbocycles. The number of carbonyl (C=O) groups is 3. The Hall–Kier alpha value is -1.67. The van der Waals surface area contributed by atoms with Gasteiger partial charge in [-0.25, -0.2) is 0 Å². The number of nitrogens with zero attached hydrogens (tertiary/aromatic N) is 1. The summed E-state index contributed by atoms with van der Waals surface area (Å²) in [6.45, 7) is 3.86. The van der Waals surface area contributed by atoms with Crippen molar-refractivity contribution in [1.82, 2.24) is 4.90 Å². The van der Waals surface area contributed by atoms with Gasteiger partial charge in [0, 0.05) is 34.9 Å². The normalized spacial score (nSPS) is 28.0. The van der Waals surface area contributed by atoms with Crippen molar-refractivity contribution < 1.29 is 33.3 Å². The molecule has 1 rings (SSSR count). The van der Waals surface area contributed by atoms with E-state index < -0.39 is 36.5 Å². The second kappa shape index (κ2) is 7.37. The maximum Gasteiger partial charge on any atom is 0.303 e. The Labute approximate surface area is 123 Å². The van der Waals surface area contributed by atoms with Crippen LogP contribution >= 0.6 is 0 Å². The van der Waals surface area contributed by atoms with E-state index in [1.807, 2.05) is 0 Å². The van der Waals surface area contributed by atoms with Crippen molar-refractivity contribution in [3.05, 3.63) is 0 Å². The van der Waals surface area contributed by atoms with E-state index in [9.17, 15) is 14.4 Å². The Morgan fingerprint density at radius 3 is 2.19 bits per heavy atom. The minimum atomic E-state index is -0.832. The van der Waals surface area contributed by atoms with Crippen LogP contribution in [0.1, 0.15) is 20.8 Å². The molecule has 0 bridgehead atoms. The fourth-order valence-corrected chi connectivity index (χ4v) is 2.23. The predicted octanol–water partition coefficient (Wildman–Crippen LogP) is -0.301. The Morgan fingerprint density at radius 1 is 1.14 bits per heavy atom. The maximum absolute atomic E-state index is 11.6. The zero-order valence-corrected chi connectivity index (χ0v) is 12.8. The molecule has 1 fully saturated rings. The zero-order valence-electron chi connectivity index (χ0n) is 12.8. The van der Waals surface area contributed by atoms with Gasteiger partial charge in [0.1, 0.15) is 18.8 Å². The number of hydrogen-bond donors (Lipinski definition) is 0. The van der Waals surface area contributed by atoms with Crippen molar-refractivity contribution in [2.45, 2.75) is 45.3 Å². The fourth-order valence-electron chi connectivity index (χ4n) is 2.23. The number of carbonyl (C=O) groups excluding carboxylic acids is 3. The van der Waals surface area contributed by atoms with E-state index in [1.54, 1.807) is 7.05 Å². The molecular formula is C13H21NO7. The molecule has 1 saturated heterocycles. The number of hydrogen-bond acceptors (Lipinski definition) is 7. The average Bonchev–Trinajstić information content (AvgIpc) is 2.72. The zero-order chi connectivity index (χ0) is 16.2. The number of esters is 2. The molecule has 1 heterocycles. The first-order valence-corrected chi connectivity index (χ1v) is 6.50. The van der Waals surface area contributed by atoms with Crippen molar-refractivity contribution in [2.75, 3.05) is 20.8 Å². The Morgan fingerprint density at radius 2 is 1.76 bits per heavy atom. The van der Waals surface area contributed by atoms with Gasteiger partial charge in [-0.05, 0) is 0 Å². The van der Waals surface area contributed by atoms with Crippen LogP contribution in [-0.4, -0.2) is 68.0 Å². The van der Waals surface area contributed by atoms with Gasteiger partial charge < -0.3 is 23.8 Å². The predicted molar refractivity (Wildman–Crippen MR) is 70.1 cm³/mol. The third kappa shape index (κ3) is 4.40. The first-order chi connectivity index (χ1) is 9.77. The molecule has 0 aromatic heterocycles. The number of rotatable bonds is 5. The van der Waals surface area contributed by atoms with Gasteiger partial charge in [0.2, 0.25) is 5.91 Å². The van der Waals surface area contributed by atoms with Crippen LogP contribution in [0.5, 0.6) is 0 Å². The fraction of sp³-hybridized carbons (Fsp3) is 0.769. The summed E-state index contributed by atoms with van der Waals surface area (Å²) in [5.74, 6) is -1.21. The second-order valence-electron chi connectivity index (χ2n) is 4.78. The molecule has 0 aromatic rings. The molecule has 4 atom stereocenters. The lowest BCUT2D eigenvalue weighted by Crippen LogP contribution is -2.50. The number of amides is 1. The van der Waals surface area contributed by atoms with E-state index in [-0.39, 0.29) is 12.5 Å². The molecule has 0 radical (unpaired) electrons. The summed E-state index contributed by atoms with van der Waals surface area (Å²) in [5.41, 5.74) is 0. The first-order valence-electron chi connectivity index (χ1n) is 6.50. The van der Waals surface area contributed by atoms with Gasteiger partial charge in [-0.3, -0.25) is 14.4 Å². The van der Waals surface area contributed by atoms with Crippen LogP contribution in [-0.2, 0) is 33.3 Å². The van der Waals surface area contributed by atoms with E-state index in [2.05, 4.69) is 0 Å². The Balaban J connectivity index is 2.97. The van der Waals surface area contributed by atoms with Gasteiger partial charge in [-0.15, -0.1) is 0 Å². The molecule has 21 heavy (non-hydrogen) atoms. The summed E-state index contributed by atoms with van der Waals surface area (Å²) >= 11 is 0. The van der Waals surface area contributed by atoms with Crippen molar-refractivity contribution in [2.24, 2.45) is 0 Å². The van der Waals surface area contributed by atoms with Gasteiger partial charge in [0.05, 0.1) is 0 Å². The smallest absolute Gasteiger partial charge is 0.303 e. The van der Waals surface area contributed by atoms with E-state index in [4.69, 9.17) is 18.9 Å². The Bertz CT molecular complexity index is 411. The topological polar surface area (TPSA) is 91.4 Å². The first kappa shape index (κ1) is 17.4. The lowest BCUT2D eigenvalue weighted by molar-refractivity contribution is -0.180. The third-order valence-corrected chi connectivity index (χ3v) is 3.22. The highest BCUT2D eigenvalue weighted by Gasteiger charge is 2.50. The van der Waals surface area contributed by atoms with Gasteiger partial charge in [0.15, 0.2) is 12.4 Å². The van der Waals surface area contributed by atoms with E-state index >= 15 is 0 Å². The van der Waals surface area contributed by atoms with Crippen molar-refractivity contribution in [3.8, 4) is 0 Å². The summed E-state index contributed by atoms with van der Waals surface area (Å²) in [6, 6.07) is -0.601. The minimum absolute atomic E-state index is 0.0603. The van der Waals surface area contributed by atoms with Crippen LogP contribution in [0.2, 0.25) is 0 Å². The van der Waals surface area contributed by atoms with Crippen molar-refractivity contribution in [1.29, 1.82) is 0 Å².